The van der Waals surface area contributed by atoms with Crippen LogP contribution in [-0.4, -0.2) is 44.6 Å². The smallest absolute Gasteiger partial charge is 0.413 e. The van der Waals surface area contributed by atoms with Crippen molar-refractivity contribution in [3.05, 3.63) is 75.4 Å². The average molecular weight is 569 g/mol. The molecule has 3 amide bonds. The van der Waals surface area contributed by atoms with E-state index in [1.807, 2.05) is 30.5 Å². The number of benzene rings is 1. The summed E-state index contributed by atoms with van der Waals surface area (Å²) < 4.78 is 8.01. The number of aryl methyl sites for hydroxylation is 1. The Morgan fingerprint density at radius 1 is 1.18 bits per heavy atom. The number of carbonyl (C=O) groups excluding carboxylic acids is 2. The van der Waals surface area contributed by atoms with Crippen molar-refractivity contribution in [2.75, 3.05) is 18.4 Å². The van der Waals surface area contributed by atoms with Crippen molar-refractivity contribution in [2.24, 2.45) is 0 Å². The number of ether oxygens (including phenoxy) is 1. The number of carbonyl (C=O) groups is 2. The Hall–Kier alpha value is -3.30. The van der Waals surface area contributed by atoms with E-state index in [0.717, 1.165) is 48.5 Å². The first-order valence-corrected chi connectivity index (χ1v) is 14.1. The number of urea groups is 1. The highest BCUT2D eigenvalue weighted by atomic mass is 35.5. The summed E-state index contributed by atoms with van der Waals surface area (Å²) in [4.78, 5) is 36.6. The fraction of sp³-hybridized carbons (Fsp3) is 0.429. The van der Waals surface area contributed by atoms with Crippen molar-refractivity contribution in [3.63, 3.8) is 0 Å². The van der Waals surface area contributed by atoms with Crippen LogP contribution in [0.2, 0.25) is 10.0 Å². The van der Waals surface area contributed by atoms with Crippen LogP contribution >= 0.6 is 23.2 Å². The van der Waals surface area contributed by atoms with E-state index in [-0.39, 0.29) is 18.0 Å². The summed E-state index contributed by atoms with van der Waals surface area (Å²) in [6, 6.07) is 9.15. The molecule has 0 aliphatic carbocycles. The number of piperidine rings is 1. The summed E-state index contributed by atoms with van der Waals surface area (Å²) >= 11 is 12.9. The molecule has 0 unspecified atom stereocenters. The zero-order chi connectivity index (χ0) is 27.1. The van der Waals surface area contributed by atoms with Gasteiger partial charge in [0.15, 0.2) is 0 Å². The van der Waals surface area contributed by atoms with Gasteiger partial charge in [0.05, 0.1) is 16.1 Å². The van der Waals surface area contributed by atoms with Gasteiger partial charge in [0, 0.05) is 62.0 Å². The Bertz CT molecular complexity index is 1420. The maximum atomic E-state index is 13.5. The molecule has 1 spiro atoms. The molecule has 3 aliphatic rings. The maximum Gasteiger partial charge on any atom is 0.413 e. The lowest BCUT2D eigenvalue weighted by atomic mass is 9.83. The second-order valence-electron chi connectivity index (χ2n) is 10.4. The Morgan fingerprint density at radius 2 is 2.00 bits per heavy atom. The fourth-order valence-electron chi connectivity index (χ4n) is 6.14. The summed E-state index contributed by atoms with van der Waals surface area (Å²) in [6.07, 6.45) is 6.42. The molecule has 2 N–H and O–H groups in total. The van der Waals surface area contributed by atoms with Gasteiger partial charge >= 0.3 is 12.1 Å². The van der Waals surface area contributed by atoms with E-state index in [4.69, 9.17) is 32.9 Å². The lowest BCUT2D eigenvalue weighted by molar-refractivity contribution is -0.0308. The molecule has 1 aromatic carbocycles. The molecule has 0 bridgehead atoms. The molecule has 2 aromatic heterocycles. The van der Waals surface area contributed by atoms with Crippen LogP contribution in [0.25, 0.3) is 0 Å². The first-order valence-electron chi connectivity index (χ1n) is 13.4. The predicted molar refractivity (Wildman–Crippen MR) is 148 cm³/mol. The van der Waals surface area contributed by atoms with Crippen molar-refractivity contribution in [3.8, 4) is 0 Å². The van der Waals surface area contributed by atoms with Crippen molar-refractivity contribution >= 4 is 41.1 Å². The molecule has 6 rings (SSSR count). The Labute approximate surface area is 236 Å². The average Bonchev–Trinajstić information content (AvgIpc) is 3.26. The highest BCUT2D eigenvalue weighted by Crippen LogP contribution is 2.43. The standard InChI is InChI=1S/C28H30Cl2N6O3/c1-2-18-15-32-25-22(9-8-17(16-36(18)25)19-5-3-7-21(29)23(19)30)33-26(37)35-13-10-28(11-14-35)20-6-4-12-31-24(20)34-27(38)39-28/h3-7,12,15,17,22H,2,8-11,13-14,16H2,1H3,(H,33,37)(H,31,34,38)/t17-,22-/m1/s1. The van der Waals surface area contributed by atoms with Crippen molar-refractivity contribution in [1.82, 2.24) is 24.8 Å². The molecule has 0 radical (unpaired) electrons. The number of anilines is 1. The first kappa shape index (κ1) is 26.0. The number of likely N-dealkylation sites (tertiary alicyclic amines) is 1. The van der Waals surface area contributed by atoms with Gasteiger partial charge in [-0.15, -0.1) is 0 Å². The number of hydrogen-bond donors (Lipinski definition) is 2. The third-order valence-corrected chi connectivity index (χ3v) is 9.07. The van der Waals surface area contributed by atoms with Crippen molar-refractivity contribution < 1.29 is 14.3 Å². The van der Waals surface area contributed by atoms with E-state index in [1.165, 1.54) is 0 Å². The van der Waals surface area contributed by atoms with Crippen LogP contribution in [0.1, 0.15) is 67.2 Å². The minimum Gasteiger partial charge on any atom is -0.437 e. The topological polar surface area (TPSA) is 101 Å². The van der Waals surface area contributed by atoms with Gasteiger partial charge in [-0.3, -0.25) is 5.32 Å². The molecule has 39 heavy (non-hydrogen) atoms. The number of rotatable bonds is 3. The predicted octanol–water partition coefficient (Wildman–Crippen LogP) is 6.03. The summed E-state index contributed by atoms with van der Waals surface area (Å²) in [5, 5.41) is 7.06. The van der Waals surface area contributed by atoms with Crippen LogP contribution in [0.5, 0.6) is 0 Å². The first-order chi connectivity index (χ1) is 18.9. The van der Waals surface area contributed by atoms with Gasteiger partial charge in [0.25, 0.3) is 0 Å². The number of imidazole rings is 1. The van der Waals surface area contributed by atoms with E-state index < -0.39 is 11.7 Å². The van der Waals surface area contributed by atoms with Crippen LogP contribution in [-0.2, 0) is 23.3 Å². The molecule has 11 heteroatoms. The van der Waals surface area contributed by atoms with Gasteiger partial charge in [-0.1, -0.05) is 42.3 Å². The number of nitrogens with one attached hydrogen (secondary N) is 2. The molecule has 5 heterocycles. The molecule has 3 aromatic rings. The Balaban J connectivity index is 1.19. The van der Waals surface area contributed by atoms with E-state index in [0.29, 0.717) is 41.8 Å². The zero-order valence-corrected chi connectivity index (χ0v) is 23.1. The fourth-order valence-corrected chi connectivity index (χ4v) is 6.61. The van der Waals surface area contributed by atoms with Gasteiger partial charge in [-0.05, 0) is 43.0 Å². The number of pyridine rings is 1. The van der Waals surface area contributed by atoms with Crippen molar-refractivity contribution in [2.45, 2.75) is 63.1 Å². The highest BCUT2D eigenvalue weighted by molar-refractivity contribution is 6.42. The number of halogens is 2. The minimum atomic E-state index is -0.777. The van der Waals surface area contributed by atoms with Crippen LogP contribution in [0.4, 0.5) is 15.4 Å². The lowest BCUT2D eigenvalue weighted by Crippen LogP contribution is -2.52. The summed E-state index contributed by atoms with van der Waals surface area (Å²) in [7, 11) is 0. The third-order valence-electron chi connectivity index (χ3n) is 8.23. The summed E-state index contributed by atoms with van der Waals surface area (Å²) in [6.45, 7) is 3.74. The van der Waals surface area contributed by atoms with Gasteiger partial charge in [-0.2, -0.15) is 0 Å². The van der Waals surface area contributed by atoms with Crippen LogP contribution < -0.4 is 10.6 Å². The van der Waals surface area contributed by atoms with Gasteiger partial charge in [0.2, 0.25) is 0 Å². The van der Waals surface area contributed by atoms with Gasteiger partial charge in [-0.25, -0.2) is 19.6 Å². The molecule has 204 valence electrons. The number of nitrogens with zero attached hydrogens (tertiary/aromatic N) is 4. The van der Waals surface area contributed by atoms with Crippen molar-refractivity contribution in [1.29, 1.82) is 0 Å². The van der Waals surface area contributed by atoms with Crippen LogP contribution in [0.15, 0.2) is 42.7 Å². The Kier molecular flexibility index (Phi) is 6.89. The lowest BCUT2D eigenvalue weighted by Gasteiger charge is -2.43. The number of fused-ring (bicyclic) bond motifs is 3. The molecule has 2 atom stereocenters. The Morgan fingerprint density at radius 3 is 2.79 bits per heavy atom. The molecule has 9 nitrogen and oxygen atoms in total. The van der Waals surface area contributed by atoms with Crippen LogP contribution in [0.3, 0.4) is 0 Å². The van der Waals surface area contributed by atoms with Crippen LogP contribution in [0, 0.1) is 0 Å². The number of aromatic nitrogens is 3. The molecule has 1 fully saturated rings. The van der Waals surface area contributed by atoms with Gasteiger partial charge in [0.1, 0.15) is 17.2 Å². The van der Waals surface area contributed by atoms with Gasteiger partial charge < -0.3 is 19.5 Å². The minimum absolute atomic E-state index is 0.145. The van der Waals surface area contributed by atoms with E-state index >= 15 is 0 Å². The molecule has 3 aliphatic heterocycles. The largest absolute Gasteiger partial charge is 0.437 e. The van der Waals surface area contributed by atoms with E-state index in [1.54, 1.807) is 17.2 Å². The molecule has 1 saturated heterocycles. The second-order valence-corrected chi connectivity index (χ2v) is 11.2. The zero-order valence-electron chi connectivity index (χ0n) is 21.6. The summed E-state index contributed by atoms with van der Waals surface area (Å²) in [5.74, 6) is 1.54. The summed E-state index contributed by atoms with van der Waals surface area (Å²) in [5.41, 5.74) is 2.22. The molecular formula is C28H30Cl2N6O3. The molecule has 0 saturated carbocycles. The second kappa shape index (κ2) is 10.4. The monoisotopic (exact) mass is 568 g/mol. The quantitative estimate of drug-likeness (QED) is 0.401. The number of hydrogen-bond acceptors (Lipinski definition) is 5. The third kappa shape index (κ3) is 4.72. The van der Waals surface area contributed by atoms with E-state index in [2.05, 4.69) is 27.1 Å². The normalized spacial score (nSPS) is 21.8. The van der Waals surface area contributed by atoms with E-state index in [9.17, 15) is 9.59 Å². The maximum absolute atomic E-state index is 13.5. The molecular weight excluding hydrogens is 539 g/mol. The SMILES string of the molecule is CCc1cnc2n1C[C@H](c1cccc(Cl)c1Cl)CC[C@H]2NC(=O)N1CCC2(CC1)OC(=O)Nc1ncccc12. The number of amides is 3. The highest BCUT2D eigenvalue weighted by Gasteiger charge is 2.46.